The summed E-state index contributed by atoms with van der Waals surface area (Å²) in [5.41, 5.74) is 8.82. The van der Waals surface area contributed by atoms with Gasteiger partial charge >= 0.3 is 0 Å². The first-order chi connectivity index (χ1) is 14.6. The molecule has 0 unspecified atom stereocenters. The summed E-state index contributed by atoms with van der Waals surface area (Å²) in [7, 11) is 3.74. The molecule has 0 saturated heterocycles. The van der Waals surface area contributed by atoms with Gasteiger partial charge in [0.15, 0.2) is 0 Å². The van der Waals surface area contributed by atoms with Crippen LogP contribution in [0.2, 0.25) is 0 Å². The number of methoxy groups -OCH3 is 1. The number of hydrogen-bond donors (Lipinski definition) is 2. The van der Waals surface area contributed by atoms with E-state index in [-0.39, 0.29) is 5.91 Å². The van der Waals surface area contributed by atoms with Crippen LogP contribution in [0.4, 0.5) is 0 Å². The van der Waals surface area contributed by atoms with Crippen LogP contribution in [-0.2, 0) is 13.0 Å². The molecule has 0 saturated carbocycles. The number of carbonyl (C=O) groups excluding carboxylic acids is 1. The predicted octanol–water partition coefficient (Wildman–Crippen LogP) is 3.60. The summed E-state index contributed by atoms with van der Waals surface area (Å²) in [6.07, 6.45) is 2.13. The molecule has 5 nitrogen and oxygen atoms in total. The molecule has 3 rings (SSSR count). The van der Waals surface area contributed by atoms with E-state index in [0.29, 0.717) is 18.7 Å². The highest BCUT2D eigenvalue weighted by atomic mass is 16.5. The SMILES string of the molecule is COc1ccc2cc(C(=O)NCCN(C)CCCc3ccc(CN)cc3)ccc2c1. The van der Waals surface area contributed by atoms with Gasteiger partial charge in [-0.1, -0.05) is 36.4 Å². The summed E-state index contributed by atoms with van der Waals surface area (Å²) in [4.78, 5) is 14.7. The molecule has 30 heavy (non-hydrogen) atoms. The molecule has 1 amide bonds. The molecule has 0 spiro atoms. The van der Waals surface area contributed by atoms with E-state index in [2.05, 4.69) is 41.5 Å². The number of ether oxygens (including phenoxy) is 1. The molecule has 0 atom stereocenters. The van der Waals surface area contributed by atoms with Crippen LogP contribution < -0.4 is 15.8 Å². The van der Waals surface area contributed by atoms with Crippen LogP contribution in [0.1, 0.15) is 27.9 Å². The van der Waals surface area contributed by atoms with Gasteiger partial charge in [0.25, 0.3) is 5.91 Å². The highest BCUT2D eigenvalue weighted by Gasteiger charge is 2.07. The first-order valence-electron chi connectivity index (χ1n) is 10.4. The van der Waals surface area contributed by atoms with E-state index in [1.807, 2.05) is 36.4 Å². The topological polar surface area (TPSA) is 67.6 Å². The average Bonchev–Trinajstić information content (AvgIpc) is 2.78. The Kier molecular flexibility index (Phi) is 7.82. The molecule has 0 heterocycles. The standard InChI is InChI=1S/C25H31N3O2/c1-28(14-3-4-19-5-7-20(18-26)8-6-19)15-13-27-25(29)23-10-9-22-17-24(30-2)12-11-21(22)16-23/h5-12,16-17H,3-4,13-15,18,26H2,1-2H3,(H,27,29). The molecule has 0 radical (unpaired) electrons. The summed E-state index contributed by atoms with van der Waals surface area (Å²) in [5.74, 6) is 0.774. The van der Waals surface area contributed by atoms with Crippen LogP contribution in [0.25, 0.3) is 10.8 Å². The Labute approximate surface area is 178 Å². The molecule has 0 aliphatic rings. The van der Waals surface area contributed by atoms with Crippen LogP contribution in [0.3, 0.4) is 0 Å². The van der Waals surface area contributed by atoms with Crippen molar-refractivity contribution >= 4 is 16.7 Å². The zero-order valence-electron chi connectivity index (χ0n) is 17.9. The third kappa shape index (κ3) is 6.05. The molecule has 3 aromatic rings. The van der Waals surface area contributed by atoms with Crippen molar-refractivity contribution in [2.24, 2.45) is 5.73 Å². The third-order valence-corrected chi connectivity index (χ3v) is 5.35. The minimum Gasteiger partial charge on any atom is -0.497 e. The Morgan fingerprint density at radius 3 is 2.40 bits per heavy atom. The molecular formula is C25H31N3O2. The summed E-state index contributed by atoms with van der Waals surface area (Å²) in [5, 5.41) is 5.11. The number of amides is 1. The average molecular weight is 406 g/mol. The molecule has 3 aromatic carbocycles. The highest BCUT2D eigenvalue weighted by molar-refractivity contribution is 5.98. The van der Waals surface area contributed by atoms with Gasteiger partial charge in [0.2, 0.25) is 0 Å². The summed E-state index contributed by atoms with van der Waals surface area (Å²) >= 11 is 0. The van der Waals surface area contributed by atoms with Gasteiger partial charge in [-0.05, 0) is 72.6 Å². The number of nitrogens with zero attached hydrogens (tertiary/aromatic N) is 1. The minimum absolute atomic E-state index is 0.0406. The van der Waals surface area contributed by atoms with Gasteiger partial charge in [-0.2, -0.15) is 0 Å². The molecule has 3 N–H and O–H groups in total. The number of hydrogen-bond acceptors (Lipinski definition) is 4. The Balaban J connectivity index is 1.40. The minimum atomic E-state index is -0.0406. The molecule has 0 aromatic heterocycles. The van der Waals surface area contributed by atoms with Gasteiger partial charge in [-0.25, -0.2) is 0 Å². The lowest BCUT2D eigenvalue weighted by molar-refractivity contribution is 0.0950. The first-order valence-corrected chi connectivity index (χ1v) is 10.4. The first kappa shape index (κ1) is 21.8. The van der Waals surface area contributed by atoms with Crippen LogP contribution in [0.5, 0.6) is 5.75 Å². The zero-order valence-corrected chi connectivity index (χ0v) is 17.9. The molecule has 0 bridgehead atoms. The van der Waals surface area contributed by atoms with Gasteiger partial charge < -0.3 is 20.7 Å². The summed E-state index contributed by atoms with van der Waals surface area (Å²) < 4.78 is 5.25. The lowest BCUT2D eigenvalue weighted by Crippen LogP contribution is -2.33. The monoisotopic (exact) mass is 405 g/mol. The number of nitrogens with two attached hydrogens (primary N) is 1. The normalized spacial score (nSPS) is 11.1. The Morgan fingerprint density at radius 1 is 0.967 bits per heavy atom. The lowest BCUT2D eigenvalue weighted by atomic mass is 10.1. The van der Waals surface area contributed by atoms with E-state index >= 15 is 0 Å². The van der Waals surface area contributed by atoms with Crippen molar-refractivity contribution in [1.82, 2.24) is 10.2 Å². The molecule has 0 aliphatic heterocycles. The number of nitrogens with one attached hydrogen (secondary N) is 1. The van der Waals surface area contributed by atoms with Crippen molar-refractivity contribution in [3.8, 4) is 5.75 Å². The third-order valence-electron chi connectivity index (χ3n) is 5.35. The molecule has 5 heteroatoms. The lowest BCUT2D eigenvalue weighted by Gasteiger charge is -2.17. The fourth-order valence-electron chi connectivity index (χ4n) is 3.46. The van der Waals surface area contributed by atoms with Crippen molar-refractivity contribution in [3.05, 3.63) is 77.4 Å². The smallest absolute Gasteiger partial charge is 0.251 e. The second-order valence-corrected chi connectivity index (χ2v) is 7.61. The maximum absolute atomic E-state index is 12.5. The quantitative estimate of drug-likeness (QED) is 0.541. The second kappa shape index (κ2) is 10.8. The van der Waals surface area contributed by atoms with E-state index in [1.54, 1.807) is 7.11 Å². The van der Waals surface area contributed by atoms with Crippen molar-refractivity contribution < 1.29 is 9.53 Å². The van der Waals surface area contributed by atoms with Gasteiger partial charge in [0.05, 0.1) is 7.11 Å². The fourth-order valence-corrected chi connectivity index (χ4v) is 3.46. The number of rotatable bonds is 10. The maximum atomic E-state index is 12.5. The maximum Gasteiger partial charge on any atom is 0.251 e. The van der Waals surface area contributed by atoms with Gasteiger partial charge in [-0.15, -0.1) is 0 Å². The number of fused-ring (bicyclic) bond motifs is 1. The Morgan fingerprint density at radius 2 is 1.67 bits per heavy atom. The van der Waals surface area contributed by atoms with Crippen molar-refractivity contribution in [1.29, 1.82) is 0 Å². The highest BCUT2D eigenvalue weighted by Crippen LogP contribution is 2.21. The van der Waals surface area contributed by atoms with E-state index in [0.717, 1.165) is 48.0 Å². The number of benzene rings is 3. The summed E-state index contributed by atoms with van der Waals surface area (Å²) in [6, 6.07) is 20.1. The number of aryl methyl sites for hydroxylation is 1. The number of likely N-dealkylation sites (N-methyl/N-ethyl adjacent to an activating group) is 1. The molecule has 0 fully saturated rings. The second-order valence-electron chi connectivity index (χ2n) is 7.61. The largest absolute Gasteiger partial charge is 0.497 e. The van der Waals surface area contributed by atoms with Crippen molar-refractivity contribution in [2.75, 3.05) is 33.8 Å². The van der Waals surface area contributed by atoms with Crippen LogP contribution in [0, 0.1) is 0 Å². The van der Waals surface area contributed by atoms with Crippen LogP contribution in [0.15, 0.2) is 60.7 Å². The molecular weight excluding hydrogens is 374 g/mol. The van der Waals surface area contributed by atoms with Gasteiger partial charge in [0, 0.05) is 25.2 Å². The van der Waals surface area contributed by atoms with Gasteiger partial charge in [0.1, 0.15) is 5.75 Å². The predicted molar refractivity (Wildman–Crippen MR) is 123 cm³/mol. The van der Waals surface area contributed by atoms with E-state index in [9.17, 15) is 4.79 Å². The van der Waals surface area contributed by atoms with Crippen molar-refractivity contribution in [3.63, 3.8) is 0 Å². The van der Waals surface area contributed by atoms with E-state index in [4.69, 9.17) is 10.5 Å². The van der Waals surface area contributed by atoms with Gasteiger partial charge in [-0.3, -0.25) is 4.79 Å². The van der Waals surface area contributed by atoms with Crippen LogP contribution >= 0.6 is 0 Å². The fraction of sp³-hybridized carbons (Fsp3) is 0.320. The number of carbonyl (C=O) groups is 1. The van der Waals surface area contributed by atoms with Crippen LogP contribution in [-0.4, -0.2) is 44.6 Å². The Hall–Kier alpha value is -2.89. The van der Waals surface area contributed by atoms with E-state index in [1.165, 1.54) is 5.56 Å². The summed E-state index contributed by atoms with van der Waals surface area (Å²) in [6.45, 7) is 3.03. The zero-order chi connectivity index (χ0) is 21.3. The van der Waals surface area contributed by atoms with Crippen molar-refractivity contribution in [2.45, 2.75) is 19.4 Å². The molecule has 158 valence electrons. The van der Waals surface area contributed by atoms with E-state index < -0.39 is 0 Å². The molecule has 0 aliphatic carbocycles. The Bertz CT molecular complexity index is 970.